The number of amides is 1. The van der Waals surface area contributed by atoms with Crippen LogP contribution in [-0.2, 0) is 9.59 Å². The molecule has 1 aromatic carbocycles. The number of ether oxygens (including phenoxy) is 1. The number of nitrogens with one attached hydrogen (secondary N) is 1. The lowest BCUT2D eigenvalue weighted by molar-refractivity contribution is -0.148. The fourth-order valence-corrected chi connectivity index (χ4v) is 1.82. The molecule has 0 unspecified atom stereocenters. The summed E-state index contributed by atoms with van der Waals surface area (Å²) in [5, 5.41) is 11.5. The van der Waals surface area contributed by atoms with Crippen molar-refractivity contribution in [3.05, 3.63) is 29.8 Å². The summed E-state index contributed by atoms with van der Waals surface area (Å²) in [6, 6.07) is 2.69. The molecule has 0 aliphatic rings. The first-order valence-corrected chi connectivity index (χ1v) is 6.47. The summed E-state index contributed by atoms with van der Waals surface area (Å²) in [7, 11) is 0. The molecule has 0 heterocycles. The van der Waals surface area contributed by atoms with Gasteiger partial charge in [0, 0.05) is 6.07 Å². The normalized spacial score (nSPS) is 11.0. The van der Waals surface area contributed by atoms with Crippen molar-refractivity contribution in [2.24, 2.45) is 0 Å². The summed E-state index contributed by atoms with van der Waals surface area (Å²) in [6.07, 6.45) is 0.408. The summed E-state index contributed by atoms with van der Waals surface area (Å²) in [4.78, 5) is 23.0. The van der Waals surface area contributed by atoms with E-state index in [2.05, 4.69) is 5.32 Å². The van der Waals surface area contributed by atoms with E-state index in [0.29, 0.717) is 6.07 Å². The molecule has 21 heavy (non-hydrogen) atoms. The molecule has 0 aliphatic heterocycles. The second kappa shape index (κ2) is 7.01. The van der Waals surface area contributed by atoms with Crippen molar-refractivity contribution in [1.82, 2.24) is 5.32 Å². The third kappa shape index (κ3) is 4.14. The van der Waals surface area contributed by atoms with Gasteiger partial charge in [-0.2, -0.15) is 0 Å². The van der Waals surface area contributed by atoms with Crippen molar-refractivity contribution in [3.8, 4) is 5.75 Å². The first-order valence-electron chi connectivity index (χ1n) is 6.47. The van der Waals surface area contributed by atoms with Crippen molar-refractivity contribution in [1.29, 1.82) is 0 Å². The lowest BCUT2D eigenvalue weighted by atomic mass is 9.93. The average molecular weight is 301 g/mol. The van der Waals surface area contributed by atoms with Gasteiger partial charge < -0.3 is 15.2 Å². The third-order valence-electron chi connectivity index (χ3n) is 3.25. The number of aliphatic carboxylic acids is 1. The van der Waals surface area contributed by atoms with Crippen LogP contribution in [0.1, 0.15) is 26.7 Å². The highest BCUT2D eigenvalue weighted by Crippen LogP contribution is 2.18. The second-order valence-corrected chi connectivity index (χ2v) is 4.51. The van der Waals surface area contributed by atoms with Crippen LogP contribution in [0.25, 0.3) is 0 Å². The Morgan fingerprint density at radius 1 is 1.29 bits per heavy atom. The Balaban J connectivity index is 2.67. The number of halogens is 2. The average Bonchev–Trinajstić information content (AvgIpc) is 2.43. The van der Waals surface area contributed by atoms with Gasteiger partial charge in [0.25, 0.3) is 5.91 Å². The lowest BCUT2D eigenvalue weighted by Crippen LogP contribution is -2.54. The maximum atomic E-state index is 13.3. The Morgan fingerprint density at radius 2 is 1.90 bits per heavy atom. The summed E-state index contributed by atoms with van der Waals surface area (Å²) in [6.45, 7) is 2.72. The number of benzene rings is 1. The van der Waals surface area contributed by atoms with Crippen molar-refractivity contribution < 1.29 is 28.2 Å². The molecule has 0 atom stereocenters. The molecule has 1 aromatic rings. The molecule has 0 aliphatic carbocycles. The Hall–Kier alpha value is -2.18. The van der Waals surface area contributed by atoms with Gasteiger partial charge in [-0.1, -0.05) is 13.8 Å². The fraction of sp³-hybridized carbons (Fsp3) is 0.429. The van der Waals surface area contributed by atoms with Gasteiger partial charge in [0.05, 0.1) is 0 Å². The lowest BCUT2D eigenvalue weighted by Gasteiger charge is -2.27. The zero-order valence-electron chi connectivity index (χ0n) is 11.8. The molecule has 0 spiro atoms. The van der Waals surface area contributed by atoms with E-state index in [1.807, 2.05) is 0 Å². The number of carbonyl (C=O) groups is 2. The van der Waals surface area contributed by atoms with Crippen LogP contribution in [0.4, 0.5) is 8.78 Å². The van der Waals surface area contributed by atoms with E-state index in [0.717, 1.165) is 12.1 Å². The van der Waals surface area contributed by atoms with Gasteiger partial charge in [-0.3, -0.25) is 4.79 Å². The Bertz CT molecular complexity index is 530. The van der Waals surface area contributed by atoms with E-state index < -0.39 is 35.7 Å². The SMILES string of the molecule is CCC(CC)(NC(=O)COc1ccc(F)cc1F)C(=O)O. The maximum Gasteiger partial charge on any atom is 0.329 e. The van der Waals surface area contributed by atoms with Gasteiger partial charge in [0.15, 0.2) is 18.2 Å². The predicted octanol–water partition coefficient (Wildman–Crippen LogP) is 2.10. The van der Waals surface area contributed by atoms with E-state index in [9.17, 15) is 23.5 Å². The molecule has 0 aromatic heterocycles. The van der Waals surface area contributed by atoms with Crippen LogP contribution >= 0.6 is 0 Å². The largest absolute Gasteiger partial charge is 0.481 e. The number of carboxylic acid groups (broad SMARTS) is 1. The van der Waals surface area contributed by atoms with Crippen LogP contribution in [0.2, 0.25) is 0 Å². The third-order valence-corrected chi connectivity index (χ3v) is 3.25. The zero-order chi connectivity index (χ0) is 16.0. The highest BCUT2D eigenvalue weighted by Gasteiger charge is 2.36. The molecular weight excluding hydrogens is 284 g/mol. The van der Waals surface area contributed by atoms with E-state index in [-0.39, 0.29) is 18.6 Å². The molecular formula is C14H17F2NO4. The number of rotatable bonds is 7. The number of carbonyl (C=O) groups excluding carboxylic acids is 1. The first kappa shape index (κ1) is 16.9. The molecule has 0 saturated heterocycles. The Labute approximate surface area is 120 Å². The van der Waals surface area contributed by atoms with Crippen molar-refractivity contribution in [2.45, 2.75) is 32.2 Å². The van der Waals surface area contributed by atoms with Crippen LogP contribution in [0.15, 0.2) is 18.2 Å². The van der Waals surface area contributed by atoms with E-state index in [1.54, 1.807) is 13.8 Å². The van der Waals surface area contributed by atoms with Crippen LogP contribution in [0.3, 0.4) is 0 Å². The van der Waals surface area contributed by atoms with Crippen molar-refractivity contribution in [3.63, 3.8) is 0 Å². The zero-order valence-corrected chi connectivity index (χ0v) is 11.8. The monoisotopic (exact) mass is 301 g/mol. The Morgan fingerprint density at radius 3 is 2.38 bits per heavy atom. The van der Waals surface area contributed by atoms with Crippen LogP contribution in [-0.4, -0.2) is 29.1 Å². The number of hydrogen-bond donors (Lipinski definition) is 2. The van der Waals surface area contributed by atoms with Gasteiger partial charge in [0.1, 0.15) is 11.4 Å². The maximum absolute atomic E-state index is 13.3. The smallest absolute Gasteiger partial charge is 0.329 e. The standard InChI is InChI=1S/C14H17F2NO4/c1-3-14(4-2,13(19)20)17-12(18)8-21-11-6-5-9(15)7-10(11)16/h5-7H,3-4,8H2,1-2H3,(H,17,18)(H,19,20). The van der Waals surface area contributed by atoms with E-state index in [1.165, 1.54) is 0 Å². The van der Waals surface area contributed by atoms with Crippen molar-refractivity contribution >= 4 is 11.9 Å². The summed E-state index contributed by atoms with van der Waals surface area (Å²) in [5.74, 6) is -3.80. The fourth-order valence-electron chi connectivity index (χ4n) is 1.82. The van der Waals surface area contributed by atoms with Crippen LogP contribution in [0, 0.1) is 11.6 Å². The van der Waals surface area contributed by atoms with Gasteiger partial charge in [-0.05, 0) is 25.0 Å². The Kier molecular flexibility index (Phi) is 5.63. The number of hydrogen-bond acceptors (Lipinski definition) is 3. The van der Waals surface area contributed by atoms with Crippen LogP contribution < -0.4 is 10.1 Å². The number of carboxylic acids is 1. The molecule has 0 fully saturated rings. The summed E-state index contributed by atoms with van der Waals surface area (Å²) < 4.78 is 30.9. The minimum Gasteiger partial charge on any atom is -0.481 e. The van der Waals surface area contributed by atoms with Gasteiger partial charge >= 0.3 is 5.97 Å². The molecule has 1 rings (SSSR count). The van der Waals surface area contributed by atoms with Crippen LogP contribution in [0.5, 0.6) is 5.75 Å². The first-order chi connectivity index (χ1) is 9.84. The molecule has 0 saturated carbocycles. The molecule has 5 nitrogen and oxygen atoms in total. The highest BCUT2D eigenvalue weighted by atomic mass is 19.1. The molecule has 0 radical (unpaired) electrons. The van der Waals surface area contributed by atoms with E-state index in [4.69, 9.17) is 4.74 Å². The van der Waals surface area contributed by atoms with Crippen molar-refractivity contribution in [2.75, 3.05) is 6.61 Å². The topological polar surface area (TPSA) is 75.6 Å². The molecule has 1 amide bonds. The van der Waals surface area contributed by atoms with Gasteiger partial charge in [-0.15, -0.1) is 0 Å². The highest BCUT2D eigenvalue weighted by molar-refractivity contribution is 5.87. The van der Waals surface area contributed by atoms with Gasteiger partial charge in [-0.25, -0.2) is 13.6 Å². The molecule has 0 bridgehead atoms. The van der Waals surface area contributed by atoms with Gasteiger partial charge in [0.2, 0.25) is 0 Å². The summed E-state index contributed by atoms with van der Waals surface area (Å²) in [5.41, 5.74) is -1.37. The molecule has 2 N–H and O–H groups in total. The van der Waals surface area contributed by atoms with E-state index >= 15 is 0 Å². The summed E-state index contributed by atoms with van der Waals surface area (Å²) >= 11 is 0. The minimum absolute atomic E-state index is 0.204. The molecule has 116 valence electrons. The predicted molar refractivity (Wildman–Crippen MR) is 70.9 cm³/mol. The minimum atomic E-state index is -1.37. The molecule has 7 heteroatoms. The quantitative estimate of drug-likeness (QED) is 0.808. The second-order valence-electron chi connectivity index (χ2n) is 4.51.